The first-order valence-corrected chi connectivity index (χ1v) is 7.79. The Balaban J connectivity index is 2.29. The zero-order valence-electron chi connectivity index (χ0n) is 12.8. The lowest BCUT2D eigenvalue weighted by Gasteiger charge is -2.12. The van der Waals surface area contributed by atoms with Gasteiger partial charge in [-0.15, -0.1) is 11.8 Å². The van der Waals surface area contributed by atoms with E-state index in [9.17, 15) is 14.4 Å². The Labute approximate surface area is 133 Å². The number of methoxy groups -OCH3 is 1. The van der Waals surface area contributed by atoms with Gasteiger partial charge in [0.2, 0.25) is 0 Å². The summed E-state index contributed by atoms with van der Waals surface area (Å²) >= 11 is 1.39. The van der Waals surface area contributed by atoms with Crippen LogP contribution in [-0.4, -0.2) is 36.9 Å². The van der Waals surface area contributed by atoms with Gasteiger partial charge in [-0.25, -0.2) is 4.79 Å². The van der Waals surface area contributed by atoms with Crippen LogP contribution in [0.15, 0.2) is 24.3 Å². The van der Waals surface area contributed by atoms with Gasteiger partial charge in [0.15, 0.2) is 6.10 Å². The lowest BCUT2D eigenvalue weighted by Crippen LogP contribution is -2.39. The molecule has 1 rings (SSSR count). The molecule has 120 valence electrons. The van der Waals surface area contributed by atoms with Gasteiger partial charge >= 0.3 is 12.1 Å². The number of rotatable bonds is 6. The number of ether oxygens (including phenoxy) is 2. The van der Waals surface area contributed by atoms with E-state index in [1.807, 2.05) is 36.5 Å². The highest BCUT2D eigenvalue weighted by molar-refractivity contribution is 7.99. The van der Waals surface area contributed by atoms with Gasteiger partial charge in [-0.1, -0.05) is 29.8 Å². The minimum absolute atomic E-state index is 0.129. The number of hydrogen-bond donors (Lipinski definition) is 1. The fourth-order valence-electron chi connectivity index (χ4n) is 1.47. The highest BCUT2D eigenvalue weighted by atomic mass is 32.2. The van der Waals surface area contributed by atoms with Gasteiger partial charge in [0.05, 0.1) is 12.9 Å². The van der Waals surface area contributed by atoms with Crippen molar-refractivity contribution in [3.05, 3.63) is 35.4 Å². The third-order valence-corrected chi connectivity index (χ3v) is 3.67. The highest BCUT2D eigenvalue weighted by Crippen LogP contribution is 2.13. The maximum Gasteiger partial charge on any atom is 0.413 e. The Morgan fingerprint density at radius 2 is 1.86 bits per heavy atom. The fraction of sp³-hybridized carbons (Fsp3) is 0.400. The molecule has 0 saturated heterocycles. The molecule has 0 unspecified atom stereocenters. The van der Waals surface area contributed by atoms with Crippen molar-refractivity contribution in [1.82, 2.24) is 5.32 Å². The van der Waals surface area contributed by atoms with E-state index in [4.69, 9.17) is 4.74 Å². The van der Waals surface area contributed by atoms with Crippen LogP contribution in [0, 0.1) is 6.92 Å². The average molecular weight is 325 g/mol. The zero-order chi connectivity index (χ0) is 16.5. The molecule has 0 aliphatic heterocycles. The van der Waals surface area contributed by atoms with Crippen LogP contribution in [0.25, 0.3) is 0 Å². The van der Waals surface area contributed by atoms with E-state index in [1.165, 1.54) is 24.2 Å². The molecule has 6 nitrogen and oxygen atoms in total. The second-order valence-corrected chi connectivity index (χ2v) is 5.58. The zero-order valence-corrected chi connectivity index (χ0v) is 13.6. The normalized spacial score (nSPS) is 11.4. The van der Waals surface area contributed by atoms with Crippen molar-refractivity contribution in [2.75, 3.05) is 12.9 Å². The van der Waals surface area contributed by atoms with Crippen LogP contribution in [0.1, 0.15) is 18.1 Å². The summed E-state index contributed by atoms with van der Waals surface area (Å²) in [5.74, 6) is -0.421. The summed E-state index contributed by atoms with van der Waals surface area (Å²) in [6.45, 7) is 3.40. The van der Waals surface area contributed by atoms with Crippen LogP contribution in [0.3, 0.4) is 0 Å². The molecule has 0 spiro atoms. The molecule has 2 amide bonds. The molecule has 1 aromatic rings. The second-order valence-electron chi connectivity index (χ2n) is 4.59. The molecule has 0 aromatic heterocycles. The van der Waals surface area contributed by atoms with Crippen molar-refractivity contribution >= 4 is 29.7 Å². The van der Waals surface area contributed by atoms with Crippen molar-refractivity contribution in [2.24, 2.45) is 0 Å². The minimum atomic E-state index is -1.05. The number of imide groups is 1. The Morgan fingerprint density at radius 3 is 2.45 bits per heavy atom. The Hall–Kier alpha value is -2.02. The number of alkyl carbamates (subject to hydrolysis) is 1. The number of carbonyl (C=O) groups is 3. The summed E-state index contributed by atoms with van der Waals surface area (Å²) in [4.78, 5) is 34.0. The summed E-state index contributed by atoms with van der Waals surface area (Å²) < 4.78 is 9.22. The summed E-state index contributed by atoms with van der Waals surface area (Å²) in [6, 6.07) is 8.01. The van der Waals surface area contributed by atoms with E-state index in [0.717, 1.165) is 12.7 Å². The maximum absolute atomic E-state index is 11.6. The molecule has 0 fully saturated rings. The summed E-state index contributed by atoms with van der Waals surface area (Å²) in [5.41, 5.74) is 2.29. The topological polar surface area (TPSA) is 81.7 Å². The van der Waals surface area contributed by atoms with Crippen LogP contribution in [-0.2, 0) is 24.8 Å². The van der Waals surface area contributed by atoms with E-state index in [-0.39, 0.29) is 5.75 Å². The summed E-state index contributed by atoms with van der Waals surface area (Å²) in [6.07, 6.45) is -1.94. The number of amides is 2. The SMILES string of the molecule is COC(=O)NC(=O)[C@@H](C)OC(=O)CSCc1ccc(C)cc1. The Morgan fingerprint density at radius 1 is 1.23 bits per heavy atom. The van der Waals surface area contributed by atoms with Crippen LogP contribution in [0.5, 0.6) is 0 Å². The Kier molecular flexibility index (Phi) is 7.45. The predicted octanol–water partition coefficient (Wildman–Crippen LogP) is 2.04. The lowest BCUT2D eigenvalue weighted by atomic mass is 10.2. The molecule has 1 aromatic carbocycles. The van der Waals surface area contributed by atoms with Crippen molar-refractivity contribution in [3.63, 3.8) is 0 Å². The number of thioether (sulfide) groups is 1. The first kappa shape index (κ1) is 18.0. The Bertz CT molecular complexity index is 529. The molecule has 0 heterocycles. The van der Waals surface area contributed by atoms with E-state index in [0.29, 0.717) is 5.75 Å². The standard InChI is InChI=1S/C15H19NO5S/c1-10-4-6-12(7-5-10)8-22-9-13(17)21-11(2)14(18)16-15(19)20-3/h4-7,11H,8-9H2,1-3H3,(H,16,18,19)/t11-/m1/s1. The van der Waals surface area contributed by atoms with Gasteiger partial charge in [-0.2, -0.15) is 0 Å². The van der Waals surface area contributed by atoms with Crippen molar-refractivity contribution in [2.45, 2.75) is 25.7 Å². The van der Waals surface area contributed by atoms with E-state index >= 15 is 0 Å². The van der Waals surface area contributed by atoms with Gasteiger partial charge in [0.25, 0.3) is 5.91 Å². The van der Waals surface area contributed by atoms with Gasteiger partial charge in [-0.05, 0) is 19.4 Å². The fourth-order valence-corrected chi connectivity index (χ4v) is 2.24. The molecule has 0 saturated carbocycles. The van der Waals surface area contributed by atoms with Gasteiger partial charge in [0, 0.05) is 5.75 Å². The van der Waals surface area contributed by atoms with Gasteiger partial charge in [-0.3, -0.25) is 14.9 Å². The van der Waals surface area contributed by atoms with Crippen LogP contribution in [0.4, 0.5) is 4.79 Å². The van der Waals surface area contributed by atoms with E-state index in [2.05, 4.69) is 4.74 Å². The van der Waals surface area contributed by atoms with Crippen molar-refractivity contribution < 1.29 is 23.9 Å². The molecular formula is C15H19NO5S. The smallest absolute Gasteiger partial charge is 0.413 e. The van der Waals surface area contributed by atoms with Gasteiger partial charge in [0.1, 0.15) is 0 Å². The first-order chi connectivity index (χ1) is 10.4. The second kappa shape index (κ2) is 9.09. The lowest BCUT2D eigenvalue weighted by molar-refractivity contribution is -0.152. The monoisotopic (exact) mass is 325 g/mol. The molecule has 1 N–H and O–H groups in total. The highest BCUT2D eigenvalue weighted by Gasteiger charge is 2.19. The molecule has 0 bridgehead atoms. The van der Waals surface area contributed by atoms with E-state index in [1.54, 1.807) is 0 Å². The summed E-state index contributed by atoms with van der Waals surface area (Å²) in [5, 5.41) is 1.94. The molecule has 1 atom stereocenters. The number of nitrogens with one attached hydrogen (secondary N) is 1. The van der Waals surface area contributed by atoms with Gasteiger partial charge < -0.3 is 9.47 Å². The van der Waals surface area contributed by atoms with Crippen molar-refractivity contribution in [3.8, 4) is 0 Å². The molecule has 0 aliphatic rings. The largest absolute Gasteiger partial charge is 0.453 e. The predicted molar refractivity (Wildman–Crippen MR) is 83.4 cm³/mol. The molecular weight excluding hydrogens is 306 g/mol. The molecule has 0 aliphatic carbocycles. The minimum Gasteiger partial charge on any atom is -0.453 e. The number of hydrogen-bond acceptors (Lipinski definition) is 6. The number of carbonyl (C=O) groups excluding carboxylic acids is 3. The van der Waals surface area contributed by atoms with E-state index < -0.39 is 24.1 Å². The molecule has 0 radical (unpaired) electrons. The average Bonchev–Trinajstić information content (AvgIpc) is 2.49. The number of esters is 1. The molecule has 22 heavy (non-hydrogen) atoms. The quantitative estimate of drug-likeness (QED) is 0.806. The van der Waals surface area contributed by atoms with Crippen molar-refractivity contribution in [1.29, 1.82) is 0 Å². The van der Waals surface area contributed by atoms with Crippen LogP contribution >= 0.6 is 11.8 Å². The number of aryl methyl sites for hydroxylation is 1. The number of benzene rings is 1. The molecule has 7 heteroatoms. The summed E-state index contributed by atoms with van der Waals surface area (Å²) in [7, 11) is 1.14. The van der Waals surface area contributed by atoms with Crippen LogP contribution < -0.4 is 5.32 Å². The van der Waals surface area contributed by atoms with Crippen LogP contribution in [0.2, 0.25) is 0 Å². The first-order valence-electron chi connectivity index (χ1n) is 6.64. The maximum atomic E-state index is 11.6. The third-order valence-electron chi connectivity index (χ3n) is 2.70. The third kappa shape index (κ3) is 6.62.